The van der Waals surface area contributed by atoms with Gasteiger partial charge >= 0.3 is 0 Å². The molecule has 1 atom stereocenters. The Kier molecular flexibility index (Phi) is 4.69. The fourth-order valence-electron chi connectivity index (χ4n) is 2.21. The molecule has 2 nitrogen and oxygen atoms in total. The second kappa shape index (κ2) is 6.13. The second-order valence-electron chi connectivity index (χ2n) is 5.23. The molecule has 20 heavy (non-hydrogen) atoms. The van der Waals surface area contributed by atoms with Crippen molar-refractivity contribution in [2.45, 2.75) is 25.9 Å². The van der Waals surface area contributed by atoms with E-state index in [0.29, 0.717) is 16.5 Å². The van der Waals surface area contributed by atoms with E-state index in [1.54, 1.807) is 24.5 Å². The van der Waals surface area contributed by atoms with E-state index in [4.69, 9.17) is 23.2 Å². The van der Waals surface area contributed by atoms with Gasteiger partial charge in [-0.25, -0.2) is 0 Å². The molecule has 0 aliphatic heterocycles. The van der Waals surface area contributed by atoms with Gasteiger partial charge in [0.1, 0.15) is 0 Å². The highest BCUT2D eigenvalue weighted by atomic mass is 35.5. The molecular weight excluding hydrogens is 293 g/mol. The smallest absolute Gasteiger partial charge is 0.0974 e. The number of pyridine rings is 1. The molecule has 0 amide bonds. The third-order valence-corrected chi connectivity index (χ3v) is 4.18. The topological polar surface area (TPSA) is 33.1 Å². The van der Waals surface area contributed by atoms with Crippen LogP contribution in [-0.2, 0) is 12.0 Å². The highest BCUT2D eigenvalue weighted by molar-refractivity contribution is 6.35. The minimum Gasteiger partial charge on any atom is -0.384 e. The number of benzene rings is 1. The maximum Gasteiger partial charge on any atom is 0.0974 e. The number of hydrogen-bond donors (Lipinski definition) is 1. The summed E-state index contributed by atoms with van der Waals surface area (Å²) in [6.07, 6.45) is 3.82. The standard InChI is InChI=1S/C16H17Cl2NO/c1-11(2)16(20,13-4-3-7-19-10-13)9-12-5-6-14(17)8-15(12)18/h3-8,10-11,20H,9H2,1-2H3. The second-order valence-corrected chi connectivity index (χ2v) is 6.08. The molecule has 1 unspecified atom stereocenters. The Labute approximate surface area is 129 Å². The van der Waals surface area contributed by atoms with Crippen molar-refractivity contribution in [3.05, 3.63) is 63.9 Å². The number of nitrogens with zero attached hydrogens (tertiary/aromatic N) is 1. The summed E-state index contributed by atoms with van der Waals surface area (Å²) >= 11 is 12.1. The van der Waals surface area contributed by atoms with Crippen LogP contribution in [0, 0.1) is 5.92 Å². The quantitative estimate of drug-likeness (QED) is 0.903. The SMILES string of the molecule is CC(C)C(O)(Cc1ccc(Cl)cc1Cl)c1cccnc1. The molecule has 4 heteroatoms. The van der Waals surface area contributed by atoms with Gasteiger partial charge in [0, 0.05) is 34.4 Å². The van der Waals surface area contributed by atoms with Crippen LogP contribution in [0.3, 0.4) is 0 Å². The van der Waals surface area contributed by atoms with E-state index in [9.17, 15) is 5.11 Å². The Morgan fingerprint density at radius 1 is 1.25 bits per heavy atom. The zero-order chi connectivity index (χ0) is 14.8. The lowest BCUT2D eigenvalue weighted by Crippen LogP contribution is -2.34. The molecule has 0 aliphatic rings. The summed E-state index contributed by atoms with van der Waals surface area (Å²) in [6, 6.07) is 9.05. The maximum atomic E-state index is 11.1. The van der Waals surface area contributed by atoms with Crippen molar-refractivity contribution >= 4 is 23.2 Å². The number of halogens is 2. The predicted octanol–water partition coefficient (Wildman–Crippen LogP) is 4.47. The van der Waals surface area contributed by atoms with Crippen LogP contribution in [0.1, 0.15) is 25.0 Å². The summed E-state index contributed by atoms with van der Waals surface area (Å²) in [6.45, 7) is 3.97. The van der Waals surface area contributed by atoms with E-state index >= 15 is 0 Å². The lowest BCUT2D eigenvalue weighted by Gasteiger charge is -2.33. The molecule has 2 aromatic rings. The van der Waals surface area contributed by atoms with Gasteiger partial charge in [-0.3, -0.25) is 4.98 Å². The van der Waals surface area contributed by atoms with Crippen LogP contribution in [0.25, 0.3) is 0 Å². The maximum absolute atomic E-state index is 11.1. The average molecular weight is 310 g/mol. The lowest BCUT2D eigenvalue weighted by molar-refractivity contribution is -0.0103. The Bertz CT molecular complexity index is 586. The van der Waals surface area contributed by atoms with Crippen LogP contribution in [0.5, 0.6) is 0 Å². The molecule has 0 saturated carbocycles. The van der Waals surface area contributed by atoms with Gasteiger partial charge in [-0.15, -0.1) is 0 Å². The van der Waals surface area contributed by atoms with E-state index in [2.05, 4.69) is 4.98 Å². The molecule has 1 N–H and O–H groups in total. The number of aromatic nitrogens is 1. The summed E-state index contributed by atoms with van der Waals surface area (Å²) in [5.41, 5.74) is 0.656. The van der Waals surface area contributed by atoms with Crippen LogP contribution in [0.2, 0.25) is 10.0 Å². The van der Waals surface area contributed by atoms with Crippen LogP contribution < -0.4 is 0 Å². The van der Waals surface area contributed by atoms with Crippen molar-refractivity contribution in [1.82, 2.24) is 4.98 Å². The number of aliphatic hydroxyl groups is 1. The van der Waals surface area contributed by atoms with Crippen LogP contribution in [0.4, 0.5) is 0 Å². The molecule has 0 aliphatic carbocycles. The monoisotopic (exact) mass is 309 g/mol. The Balaban J connectivity index is 2.40. The van der Waals surface area contributed by atoms with E-state index in [1.165, 1.54) is 0 Å². The third kappa shape index (κ3) is 3.14. The van der Waals surface area contributed by atoms with Crippen molar-refractivity contribution in [2.75, 3.05) is 0 Å². The highest BCUT2D eigenvalue weighted by Gasteiger charge is 2.34. The summed E-state index contributed by atoms with van der Waals surface area (Å²) in [5, 5.41) is 12.2. The molecule has 0 fully saturated rings. The molecule has 2 rings (SSSR count). The molecular formula is C16H17Cl2NO. The molecule has 0 radical (unpaired) electrons. The van der Waals surface area contributed by atoms with Gasteiger partial charge in [0.25, 0.3) is 0 Å². The summed E-state index contributed by atoms with van der Waals surface area (Å²) < 4.78 is 0. The first-order chi connectivity index (χ1) is 9.43. The van der Waals surface area contributed by atoms with E-state index in [-0.39, 0.29) is 5.92 Å². The van der Waals surface area contributed by atoms with Gasteiger partial charge in [0.05, 0.1) is 5.60 Å². The van der Waals surface area contributed by atoms with Crippen molar-refractivity contribution in [3.63, 3.8) is 0 Å². The first-order valence-corrected chi connectivity index (χ1v) is 7.26. The Morgan fingerprint density at radius 3 is 2.55 bits per heavy atom. The van der Waals surface area contributed by atoms with Crippen molar-refractivity contribution in [2.24, 2.45) is 5.92 Å². The average Bonchev–Trinajstić information content (AvgIpc) is 2.42. The summed E-state index contributed by atoms with van der Waals surface area (Å²) in [7, 11) is 0. The molecule has 1 heterocycles. The fourth-order valence-corrected chi connectivity index (χ4v) is 2.69. The fraction of sp³-hybridized carbons (Fsp3) is 0.312. The van der Waals surface area contributed by atoms with E-state index < -0.39 is 5.60 Å². The van der Waals surface area contributed by atoms with Gasteiger partial charge in [-0.1, -0.05) is 49.2 Å². The van der Waals surface area contributed by atoms with Crippen molar-refractivity contribution in [3.8, 4) is 0 Å². The molecule has 1 aromatic carbocycles. The van der Waals surface area contributed by atoms with Gasteiger partial charge in [0.15, 0.2) is 0 Å². The van der Waals surface area contributed by atoms with Gasteiger partial charge < -0.3 is 5.11 Å². The Hall–Kier alpha value is -1.09. The predicted molar refractivity (Wildman–Crippen MR) is 83.1 cm³/mol. The first kappa shape index (κ1) is 15.3. The van der Waals surface area contributed by atoms with Gasteiger partial charge in [0.2, 0.25) is 0 Å². The minimum absolute atomic E-state index is 0.0263. The van der Waals surface area contributed by atoms with E-state index in [0.717, 1.165) is 11.1 Å². The van der Waals surface area contributed by atoms with Crippen LogP contribution in [0.15, 0.2) is 42.7 Å². The number of rotatable bonds is 4. The Morgan fingerprint density at radius 2 is 2.00 bits per heavy atom. The zero-order valence-electron chi connectivity index (χ0n) is 11.5. The number of hydrogen-bond acceptors (Lipinski definition) is 2. The normalized spacial score (nSPS) is 14.3. The van der Waals surface area contributed by atoms with Crippen LogP contribution in [-0.4, -0.2) is 10.1 Å². The van der Waals surface area contributed by atoms with E-state index in [1.807, 2.05) is 32.0 Å². The van der Waals surface area contributed by atoms with Crippen molar-refractivity contribution < 1.29 is 5.11 Å². The molecule has 0 saturated heterocycles. The van der Waals surface area contributed by atoms with Crippen molar-refractivity contribution in [1.29, 1.82) is 0 Å². The molecule has 106 valence electrons. The lowest BCUT2D eigenvalue weighted by atomic mass is 9.79. The summed E-state index contributed by atoms with van der Waals surface area (Å²) in [4.78, 5) is 4.10. The molecule has 1 aromatic heterocycles. The zero-order valence-corrected chi connectivity index (χ0v) is 13.0. The third-order valence-electron chi connectivity index (χ3n) is 3.59. The van der Waals surface area contributed by atoms with Gasteiger partial charge in [-0.05, 0) is 29.7 Å². The molecule has 0 bridgehead atoms. The van der Waals surface area contributed by atoms with Gasteiger partial charge in [-0.2, -0.15) is 0 Å². The molecule has 0 spiro atoms. The first-order valence-electron chi connectivity index (χ1n) is 6.50. The minimum atomic E-state index is -1.01. The van der Waals surface area contributed by atoms with Crippen LogP contribution >= 0.6 is 23.2 Å². The summed E-state index contributed by atoms with van der Waals surface area (Å²) in [5.74, 6) is 0.0263. The highest BCUT2D eigenvalue weighted by Crippen LogP contribution is 2.35. The largest absolute Gasteiger partial charge is 0.384 e.